The van der Waals surface area contributed by atoms with Gasteiger partial charge in [-0.1, -0.05) is 23.7 Å². The molecule has 0 bridgehead atoms. The molecule has 2 aromatic rings. The van der Waals surface area contributed by atoms with Crippen molar-refractivity contribution in [2.45, 2.75) is 20.4 Å². The van der Waals surface area contributed by atoms with Gasteiger partial charge in [0.15, 0.2) is 0 Å². The van der Waals surface area contributed by atoms with Crippen molar-refractivity contribution in [2.75, 3.05) is 11.9 Å². The van der Waals surface area contributed by atoms with Gasteiger partial charge >= 0.3 is 6.03 Å². The molecule has 1 aromatic heterocycles. The van der Waals surface area contributed by atoms with E-state index in [2.05, 4.69) is 5.32 Å². The molecule has 20 heavy (non-hydrogen) atoms. The Balaban J connectivity index is 2.02. The number of hydrogen-bond acceptors (Lipinski definition) is 2. The van der Waals surface area contributed by atoms with E-state index in [1.165, 1.54) is 11.3 Å². The van der Waals surface area contributed by atoms with Crippen molar-refractivity contribution < 1.29 is 4.79 Å². The highest BCUT2D eigenvalue weighted by atomic mass is 35.5. The van der Waals surface area contributed by atoms with E-state index in [1.807, 2.05) is 50.2 Å². The summed E-state index contributed by atoms with van der Waals surface area (Å²) in [6.45, 7) is 5.19. The number of thiophene rings is 1. The molecule has 2 rings (SSSR count). The topological polar surface area (TPSA) is 32.3 Å². The first kappa shape index (κ1) is 14.9. The van der Waals surface area contributed by atoms with Crippen LogP contribution in [0, 0.1) is 6.92 Å². The third-order valence-corrected chi connectivity index (χ3v) is 4.13. The molecule has 3 nitrogen and oxygen atoms in total. The summed E-state index contributed by atoms with van der Waals surface area (Å²) < 4.78 is 0.746. The van der Waals surface area contributed by atoms with E-state index in [4.69, 9.17) is 11.6 Å². The summed E-state index contributed by atoms with van der Waals surface area (Å²) in [6, 6.07) is 11.5. The predicted octanol–water partition coefficient (Wildman–Crippen LogP) is 4.76. The molecule has 0 radical (unpaired) electrons. The molecule has 0 saturated carbocycles. The van der Waals surface area contributed by atoms with Gasteiger partial charge in [-0.3, -0.25) is 0 Å². The zero-order chi connectivity index (χ0) is 14.5. The van der Waals surface area contributed by atoms with E-state index in [9.17, 15) is 4.79 Å². The van der Waals surface area contributed by atoms with Crippen LogP contribution in [0.2, 0.25) is 4.34 Å². The van der Waals surface area contributed by atoms with Gasteiger partial charge in [-0.05, 0) is 43.7 Å². The van der Waals surface area contributed by atoms with Crippen LogP contribution in [0.3, 0.4) is 0 Å². The van der Waals surface area contributed by atoms with Crippen molar-refractivity contribution in [1.82, 2.24) is 4.90 Å². The van der Waals surface area contributed by atoms with E-state index >= 15 is 0 Å². The normalized spacial score (nSPS) is 10.3. The minimum absolute atomic E-state index is 0.0948. The molecular weight excluding hydrogens is 292 g/mol. The first-order chi connectivity index (χ1) is 9.58. The first-order valence-corrected chi connectivity index (χ1v) is 7.64. The number of halogens is 1. The van der Waals surface area contributed by atoms with E-state index in [1.54, 1.807) is 4.90 Å². The minimum atomic E-state index is -0.0948. The van der Waals surface area contributed by atoms with Crippen LogP contribution in [-0.2, 0) is 6.54 Å². The van der Waals surface area contributed by atoms with Gasteiger partial charge in [0, 0.05) is 17.1 Å². The largest absolute Gasteiger partial charge is 0.322 e. The molecule has 1 N–H and O–H groups in total. The van der Waals surface area contributed by atoms with Crippen molar-refractivity contribution in [3.8, 4) is 0 Å². The molecule has 1 aromatic carbocycles. The Labute approximate surface area is 128 Å². The third-order valence-electron chi connectivity index (χ3n) is 2.91. The lowest BCUT2D eigenvalue weighted by molar-refractivity contribution is 0.212. The molecule has 0 saturated heterocycles. The number of benzene rings is 1. The highest BCUT2D eigenvalue weighted by Crippen LogP contribution is 2.23. The van der Waals surface area contributed by atoms with Gasteiger partial charge in [-0.2, -0.15) is 0 Å². The van der Waals surface area contributed by atoms with Crippen molar-refractivity contribution in [1.29, 1.82) is 0 Å². The molecule has 0 fully saturated rings. The average Bonchev–Trinajstić information content (AvgIpc) is 2.81. The Hall–Kier alpha value is -1.52. The predicted molar refractivity (Wildman–Crippen MR) is 85.6 cm³/mol. The number of amides is 2. The molecule has 1 heterocycles. The Kier molecular flexibility index (Phi) is 5.04. The highest BCUT2D eigenvalue weighted by molar-refractivity contribution is 7.16. The van der Waals surface area contributed by atoms with Gasteiger partial charge in [0.2, 0.25) is 0 Å². The van der Waals surface area contributed by atoms with Crippen LogP contribution < -0.4 is 5.32 Å². The summed E-state index contributed by atoms with van der Waals surface area (Å²) >= 11 is 7.41. The lowest BCUT2D eigenvalue weighted by Gasteiger charge is -2.20. The average molecular weight is 309 g/mol. The fraction of sp³-hybridized carbons (Fsp3) is 0.267. The van der Waals surface area contributed by atoms with Crippen LogP contribution in [0.15, 0.2) is 36.4 Å². The van der Waals surface area contributed by atoms with E-state index in [-0.39, 0.29) is 6.03 Å². The van der Waals surface area contributed by atoms with Crippen LogP contribution in [0.25, 0.3) is 0 Å². The molecular formula is C15H17ClN2OS. The summed E-state index contributed by atoms with van der Waals surface area (Å²) in [6.07, 6.45) is 0. The Morgan fingerprint density at radius 1 is 1.35 bits per heavy atom. The van der Waals surface area contributed by atoms with Gasteiger partial charge in [-0.15, -0.1) is 11.3 Å². The van der Waals surface area contributed by atoms with Crippen molar-refractivity contribution in [2.24, 2.45) is 0 Å². The van der Waals surface area contributed by atoms with Gasteiger partial charge in [0.25, 0.3) is 0 Å². The number of carbonyl (C=O) groups excluding carboxylic acids is 1. The summed E-state index contributed by atoms with van der Waals surface area (Å²) in [5.74, 6) is 0. The highest BCUT2D eigenvalue weighted by Gasteiger charge is 2.13. The SMILES string of the molecule is CCN(Cc1ccc(Cl)s1)C(=O)Nc1cccc(C)c1. The molecule has 0 aliphatic carbocycles. The minimum Gasteiger partial charge on any atom is -0.320 e. The quantitative estimate of drug-likeness (QED) is 0.867. The Bertz CT molecular complexity index is 597. The number of rotatable bonds is 4. The lowest BCUT2D eigenvalue weighted by atomic mass is 10.2. The zero-order valence-electron chi connectivity index (χ0n) is 11.5. The molecule has 106 valence electrons. The Morgan fingerprint density at radius 2 is 2.15 bits per heavy atom. The summed E-state index contributed by atoms with van der Waals surface area (Å²) in [5, 5.41) is 2.92. The molecule has 0 aliphatic rings. The summed E-state index contributed by atoms with van der Waals surface area (Å²) in [5.41, 5.74) is 1.94. The second-order valence-electron chi connectivity index (χ2n) is 4.52. The van der Waals surface area contributed by atoms with Crippen molar-refractivity contribution in [3.05, 3.63) is 51.2 Å². The van der Waals surface area contributed by atoms with Crippen LogP contribution in [0.1, 0.15) is 17.4 Å². The van der Waals surface area contributed by atoms with Gasteiger partial charge < -0.3 is 10.2 Å². The van der Waals surface area contributed by atoms with Crippen molar-refractivity contribution in [3.63, 3.8) is 0 Å². The maximum absolute atomic E-state index is 12.3. The van der Waals surface area contributed by atoms with E-state index in [0.29, 0.717) is 13.1 Å². The van der Waals surface area contributed by atoms with E-state index in [0.717, 1.165) is 20.5 Å². The van der Waals surface area contributed by atoms with Gasteiger partial charge in [-0.25, -0.2) is 4.79 Å². The number of hydrogen-bond donors (Lipinski definition) is 1. The number of urea groups is 1. The smallest absolute Gasteiger partial charge is 0.320 e. The van der Waals surface area contributed by atoms with Crippen LogP contribution in [-0.4, -0.2) is 17.5 Å². The zero-order valence-corrected chi connectivity index (χ0v) is 13.1. The number of nitrogens with zero attached hydrogens (tertiary/aromatic N) is 1. The summed E-state index contributed by atoms with van der Waals surface area (Å²) in [7, 11) is 0. The molecule has 0 unspecified atom stereocenters. The van der Waals surface area contributed by atoms with Crippen molar-refractivity contribution >= 4 is 34.7 Å². The summed E-state index contributed by atoms with van der Waals surface area (Å²) in [4.78, 5) is 15.1. The molecule has 0 aliphatic heterocycles. The molecule has 0 atom stereocenters. The molecule has 0 spiro atoms. The number of nitrogens with one attached hydrogen (secondary N) is 1. The molecule has 5 heteroatoms. The first-order valence-electron chi connectivity index (χ1n) is 6.45. The molecule has 2 amide bonds. The number of carbonyl (C=O) groups is 1. The second-order valence-corrected chi connectivity index (χ2v) is 6.32. The van der Waals surface area contributed by atoms with Gasteiger partial charge in [0.1, 0.15) is 0 Å². The van der Waals surface area contributed by atoms with Crippen LogP contribution in [0.4, 0.5) is 10.5 Å². The van der Waals surface area contributed by atoms with Crippen LogP contribution in [0.5, 0.6) is 0 Å². The fourth-order valence-electron chi connectivity index (χ4n) is 1.88. The second kappa shape index (κ2) is 6.77. The fourth-order valence-corrected chi connectivity index (χ4v) is 2.98. The number of aryl methyl sites for hydroxylation is 1. The Morgan fingerprint density at radius 3 is 2.75 bits per heavy atom. The van der Waals surface area contributed by atoms with Crippen LogP contribution >= 0.6 is 22.9 Å². The maximum atomic E-state index is 12.3. The maximum Gasteiger partial charge on any atom is 0.322 e. The number of anilines is 1. The standard InChI is InChI=1S/C15H17ClN2OS/c1-3-18(10-13-7-8-14(16)20-13)15(19)17-12-6-4-5-11(2)9-12/h4-9H,3,10H2,1-2H3,(H,17,19). The van der Waals surface area contributed by atoms with Gasteiger partial charge in [0.05, 0.1) is 10.9 Å². The monoisotopic (exact) mass is 308 g/mol. The van der Waals surface area contributed by atoms with E-state index < -0.39 is 0 Å². The third kappa shape index (κ3) is 3.99. The lowest BCUT2D eigenvalue weighted by Crippen LogP contribution is -2.34.